The van der Waals surface area contributed by atoms with Crippen LogP contribution < -0.4 is 9.64 Å². The molecule has 0 N–H and O–H groups in total. The molecule has 1 aliphatic rings. The highest BCUT2D eigenvalue weighted by Crippen LogP contribution is 2.41. The fourth-order valence-electron chi connectivity index (χ4n) is 3.91. The summed E-state index contributed by atoms with van der Waals surface area (Å²) < 4.78 is 73.6. The van der Waals surface area contributed by atoms with E-state index in [1.807, 2.05) is 0 Å². The molecule has 0 unspecified atom stereocenters. The Labute approximate surface area is 194 Å². The average Bonchev–Trinajstić information content (AvgIpc) is 3.44. The van der Waals surface area contributed by atoms with E-state index in [4.69, 9.17) is 4.42 Å². The number of aromatic nitrogens is 2. The van der Waals surface area contributed by atoms with Gasteiger partial charge in [0.25, 0.3) is 11.8 Å². The van der Waals surface area contributed by atoms with Gasteiger partial charge in [0.05, 0.1) is 12.2 Å². The van der Waals surface area contributed by atoms with Gasteiger partial charge in [-0.25, -0.2) is 0 Å². The summed E-state index contributed by atoms with van der Waals surface area (Å²) in [5.41, 5.74) is 2.13. The Morgan fingerprint density at radius 3 is 2.34 bits per heavy atom. The number of hydrogen-bond acceptors (Lipinski definition) is 5. The third-order valence-corrected chi connectivity index (χ3v) is 5.39. The monoisotopic (exact) mass is 487 g/mol. The number of hydrogen-bond donors (Lipinski definition) is 0. The molecule has 4 aromatic rings. The number of carbonyl (C=O) groups excluding carboxylic acids is 1. The molecule has 2 heterocycles. The summed E-state index contributed by atoms with van der Waals surface area (Å²) in [5, 5.41) is 6.89. The maximum absolute atomic E-state index is 13.3. The van der Waals surface area contributed by atoms with Crippen molar-refractivity contribution >= 4 is 11.6 Å². The van der Waals surface area contributed by atoms with Crippen LogP contribution in [-0.4, -0.2) is 22.5 Å². The van der Waals surface area contributed by atoms with E-state index >= 15 is 0 Å². The van der Waals surface area contributed by atoms with Crippen molar-refractivity contribution in [1.82, 2.24) is 10.2 Å². The molecule has 0 radical (unpaired) electrons. The zero-order valence-electron chi connectivity index (χ0n) is 17.6. The van der Waals surface area contributed by atoms with E-state index in [1.54, 1.807) is 42.5 Å². The van der Waals surface area contributed by atoms with Crippen LogP contribution in [-0.2, 0) is 6.54 Å². The molecule has 3 aromatic carbocycles. The summed E-state index contributed by atoms with van der Waals surface area (Å²) in [6, 6.07) is 16.9. The second kappa shape index (κ2) is 8.49. The van der Waals surface area contributed by atoms with Gasteiger partial charge in [-0.2, -0.15) is 8.78 Å². The van der Waals surface area contributed by atoms with Gasteiger partial charge in [0.15, 0.2) is 0 Å². The molecule has 0 bridgehead atoms. The van der Waals surface area contributed by atoms with E-state index in [0.29, 0.717) is 16.8 Å². The summed E-state index contributed by atoms with van der Waals surface area (Å²) in [6.07, 6.45) is -7.82. The van der Waals surface area contributed by atoms with Crippen LogP contribution in [0.15, 0.2) is 71.1 Å². The lowest BCUT2D eigenvalue weighted by molar-refractivity contribution is -0.274. The smallest absolute Gasteiger partial charge is 0.415 e. The van der Waals surface area contributed by atoms with Gasteiger partial charge in [-0.1, -0.05) is 42.5 Å². The first-order valence-corrected chi connectivity index (χ1v) is 10.2. The normalized spacial score (nSPS) is 13.4. The first kappa shape index (κ1) is 22.5. The van der Waals surface area contributed by atoms with Crippen molar-refractivity contribution in [2.45, 2.75) is 19.3 Å². The Balaban J connectivity index is 1.51. The lowest BCUT2D eigenvalue weighted by Crippen LogP contribution is -2.24. The number of amides is 1. The number of rotatable bonds is 5. The number of carbonyl (C=O) groups is 1. The second-order valence-electron chi connectivity index (χ2n) is 7.57. The lowest BCUT2D eigenvalue weighted by atomic mass is 10.0. The SMILES string of the molecule is O=C1c2cc(-c3nnc(C(F)F)o3)ccc2CN1c1ccccc1-c1ccccc1OC(F)(F)F. The zero-order valence-corrected chi connectivity index (χ0v) is 17.6. The Bertz CT molecular complexity index is 1420. The molecular weight excluding hydrogens is 473 g/mol. The minimum absolute atomic E-state index is 0.153. The lowest BCUT2D eigenvalue weighted by Gasteiger charge is -2.21. The molecule has 6 nitrogen and oxygen atoms in total. The topological polar surface area (TPSA) is 68.5 Å². The molecule has 35 heavy (non-hydrogen) atoms. The number of halogens is 5. The number of anilines is 1. The van der Waals surface area contributed by atoms with E-state index in [0.717, 1.165) is 0 Å². The quantitative estimate of drug-likeness (QED) is 0.305. The van der Waals surface area contributed by atoms with Crippen LogP contribution in [0.2, 0.25) is 0 Å². The van der Waals surface area contributed by atoms with Gasteiger partial charge in [0, 0.05) is 22.3 Å². The average molecular weight is 487 g/mol. The van der Waals surface area contributed by atoms with Crippen molar-refractivity contribution in [2.75, 3.05) is 4.90 Å². The second-order valence-corrected chi connectivity index (χ2v) is 7.57. The van der Waals surface area contributed by atoms with Gasteiger partial charge < -0.3 is 14.1 Å². The number of alkyl halides is 5. The Hall–Kier alpha value is -4.28. The maximum Gasteiger partial charge on any atom is 0.573 e. The van der Waals surface area contributed by atoms with Gasteiger partial charge in [0.1, 0.15) is 5.75 Å². The molecule has 0 fully saturated rings. The van der Waals surface area contributed by atoms with Crippen LogP contribution in [0, 0.1) is 0 Å². The minimum atomic E-state index is -4.89. The summed E-state index contributed by atoms with van der Waals surface area (Å²) in [4.78, 5) is 14.7. The maximum atomic E-state index is 13.3. The molecule has 11 heteroatoms. The van der Waals surface area contributed by atoms with Crippen molar-refractivity contribution in [3.05, 3.63) is 83.7 Å². The number of fused-ring (bicyclic) bond motifs is 1. The minimum Gasteiger partial charge on any atom is -0.415 e. The fraction of sp³-hybridized carbons (Fsp3) is 0.125. The Kier molecular flexibility index (Phi) is 5.46. The molecule has 0 spiro atoms. The molecular formula is C24H14F5N3O3. The summed E-state index contributed by atoms with van der Waals surface area (Å²) >= 11 is 0. The summed E-state index contributed by atoms with van der Waals surface area (Å²) in [7, 11) is 0. The van der Waals surface area contributed by atoms with Gasteiger partial charge in [-0.3, -0.25) is 4.79 Å². The van der Waals surface area contributed by atoms with Crippen molar-refractivity contribution in [1.29, 1.82) is 0 Å². The molecule has 0 saturated heterocycles. The van der Waals surface area contributed by atoms with Gasteiger partial charge in [-0.15, -0.1) is 23.4 Å². The van der Waals surface area contributed by atoms with Crippen LogP contribution in [0.4, 0.5) is 27.6 Å². The van der Waals surface area contributed by atoms with E-state index in [2.05, 4.69) is 14.9 Å². The van der Waals surface area contributed by atoms with Crippen LogP contribution in [0.1, 0.15) is 28.2 Å². The van der Waals surface area contributed by atoms with Crippen molar-refractivity contribution in [2.24, 2.45) is 0 Å². The predicted octanol–water partition coefficient (Wildman–Crippen LogP) is 6.40. The standard InChI is InChI=1S/C24H14F5N3O3/c25-20(26)22-31-30-21(34-22)13-9-10-14-12-32(23(33)17(14)11-13)18-7-3-1-5-15(18)16-6-2-4-8-19(16)35-24(27,28)29/h1-11,20H,12H2. The largest absolute Gasteiger partial charge is 0.573 e. The van der Waals surface area contributed by atoms with E-state index in [1.165, 1.54) is 29.2 Å². The molecule has 1 amide bonds. The summed E-state index contributed by atoms with van der Waals surface area (Å²) in [6.45, 7) is 0.153. The molecule has 0 atom stereocenters. The van der Waals surface area contributed by atoms with E-state index < -0.39 is 30.3 Å². The van der Waals surface area contributed by atoms with Crippen molar-refractivity contribution in [3.63, 3.8) is 0 Å². The molecule has 178 valence electrons. The Morgan fingerprint density at radius 2 is 1.63 bits per heavy atom. The predicted molar refractivity (Wildman–Crippen MR) is 114 cm³/mol. The van der Waals surface area contributed by atoms with Crippen LogP contribution in [0.25, 0.3) is 22.6 Å². The molecule has 0 saturated carbocycles. The number of para-hydroxylation sites is 2. The number of ether oxygens (including phenoxy) is 1. The zero-order chi connectivity index (χ0) is 24.7. The summed E-state index contributed by atoms with van der Waals surface area (Å²) in [5.74, 6) is -1.81. The highest BCUT2D eigenvalue weighted by Gasteiger charge is 2.34. The highest BCUT2D eigenvalue weighted by atomic mass is 19.4. The third kappa shape index (κ3) is 4.32. The van der Waals surface area contributed by atoms with E-state index in [9.17, 15) is 26.7 Å². The molecule has 1 aromatic heterocycles. The van der Waals surface area contributed by atoms with Crippen LogP contribution >= 0.6 is 0 Å². The van der Waals surface area contributed by atoms with Crippen molar-refractivity contribution < 1.29 is 35.9 Å². The fourth-order valence-corrected chi connectivity index (χ4v) is 3.91. The van der Waals surface area contributed by atoms with Crippen LogP contribution in [0.5, 0.6) is 5.75 Å². The molecule has 1 aliphatic heterocycles. The van der Waals surface area contributed by atoms with Crippen molar-refractivity contribution in [3.8, 4) is 28.3 Å². The third-order valence-electron chi connectivity index (χ3n) is 5.39. The first-order valence-electron chi connectivity index (χ1n) is 10.2. The van der Waals surface area contributed by atoms with E-state index in [-0.39, 0.29) is 29.1 Å². The first-order chi connectivity index (χ1) is 16.7. The number of nitrogens with zero attached hydrogens (tertiary/aromatic N) is 3. The molecule has 5 rings (SSSR count). The van der Waals surface area contributed by atoms with Gasteiger partial charge in [0.2, 0.25) is 5.89 Å². The highest BCUT2D eigenvalue weighted by molar-refractivity contribution is 6.12. The molecule has 0 aliphatic carbocycles. The van der Waals surface area contributed by atoms with Gasteiger partial charge >= 0.3 is 12.8 Å². The Morgan fingerprint density at radius 1 is 0.914 bits per heavy atom. The van der Waals surface area contributed by atoms with Crippen LogP contribution in [0.3, 0.4) is 0 Å². The number of benzene rings is 3. The van der Waals surface area contributed by atoms with Gasteiger partial charge in [-0.05, 0) is 29.8 Å².